The molecule has 0 saturated heterocycles. The van der Waals surface area contributed by atoms with Crippen molar-refractivity contribution in [2.24, 2.45) is 0 Å². The largest absolute Gasteiger partial charge is 0.378 e. The number of nitrogens with zero attached hydrogens (tertiary/aromatic N) is 1. The number of rotatable bonds is 5. The lowest BCUT2D eigenvalue weighted by Gasteiger charge is -2.15. The first-order chi connectivity index (χ1) is 9.60. The molecule has 1 atom stereocenters. The first kappa shape index (κ1) is 14.4. The van der Waals surface area contributed by atoms with Crippen LogP contribution in [0.5, 0.6) is 0 Å². The number of thioether (sulfide) groups is 1. The number of hydrogen-bond donors (Lipinski definition) is 1. The summed E-state index contributed by atoms with van der Waals surface area (Å²) in [5, 5.41) is 14.0. The highest BCUT2D eigenvalue weighted by Gasteiger charge is 2.09. The zero-order valence-corrected chi connectivity index (χ0v) is 12.2. The van der Waals surface area contributed by atoms with E-state index in [0.717, 1.165) is 11.3 Å². The Morgan fingerprint density at radius 2 is 1.90 bits per heavy atom. The van der Waals surface area contributed by atoms with Crippen molar-refractivity contribution in [2.45, 2.75) is 17.9 Å². The van der Waals surface area contributed by atoms with E-state index in [1.807, 2.05) is 19.2 Å². The van der Waals surface area contributed by atoms with Gasteiger partial charge in [-0.3, -0.25) is 10.1 Å². The second-order valence-electron chi connectivity index (χ2n) is 4.45. The summed E-state index contributed by atoms with van der Waals surface area (Å²) in [5.41, 5.74) is 2.00. The third kappa shape index (κ3) is 3.51. The molecule has 0 amide bonds. The maximum absolute atomic E-state index is 10.8. The van der Waals surface area contributed by atoms with E-state index in [9.17, 15) is 10.1 Å². The van der Waals surface area contributed by atoms with Gasteiger partial charge in [0.1, 0.15) is 0 Å². The normalized spacial score (nSPS) is 11.9. The number of nitrogens with one attached hydrogen (secondary N) is 1. The number of nitro groups is 1. The maximum atomic E-state index is 10.8. The van der Waals surface area contributed by atoms with Crippen molar-refractivity contribution in [1.29, 1.82) is 0 Å². The van der Waals surface area contributed by atoms with Gasteiger partial charge < -0.3 is 5.32 Å². The molecule has 20 heavy (non-hydrogen) atoms. The van der Waals surface area contributed by atoms with Crippen molar-refractivity contribution in [3.05, 3.63) is 64.2 Å². The first-order valence-corrected chi connectivity index (χ1v) is 7.47. The van der Waals surface area contributed by atoms with Crippen LogP contribution in [0.15, 0.2) is 53.4 Å². The topological polar surface area (TPSA) is 55.2 Å². The SMILES string of the molecule is CSc1ccc(C(C)Nc2cccc([N+](=O)[O-])c2)cc1. The summed E-state index contributed by atoms with van der Waals surface area (Å²) in [6.07, 6.45) is 2.04. The summed E-state index contributed by atoms with van der Waals surface area (Å²) in [5.74, 6) is 0. The third-order valence-corrected chi connectivity index (χ3v) is 3.80. The van der Waals surface area contributed by atoms with Crippen LogP contribution in [0.1, 0.15) is 18.5 Å². The molecule has 1 unspecified atom stereocenters. The van der Waals surface area contributed by atoms with Gasteiger partial charge in [0.25, 0.3) is 5.69 Å². The lowest BCUT2D eigenvalue weighted by molar-refractivity contribution is -0.384. The van der Waals surface area contributed by atoms with Crippen LogP contribution in [0.25, 0.3) is 0 Å². The highest BCUT2D eigenvalue weighted by atomic mass is 32.2. The van der Waals surface area contributed by atoms with Gasteiger partial charge in [-0.2, -0.15) is 0 Å². The van der Waals surface area contributed by atoms with Gasteiger partial charge in [0, 0.05) is 28.8 Å². The van der Waals surface area contributed by atoms with Crippen molar-refractivity contribution >= 4 is 23.1 Å². The van der Waals surface area contributed by atoms with E-state index in [0.29, 0.717) is 0 Å². The fourth-order valence-corrected chi connectivity index (χ4v) is 2.34. The Hall–Kier alpha value is -2.01. The van der Waals surface area contributed by atoms with E-state index in [1.165, 1.54) is 11.0 Å². The van der Waals surface area contributed by atoms with Crippen LogP contribution in [-0.2, 0) is 0 Å². The maximum Gasteiger partial charge on any atom is 0.271 e. The predicted octanol–water partition coefficient (Wildman–Crippen LogP) is 4.49. The van der Waals surface area contributed by atoms with E-state index in [-0.39, 0.29) is 16.7 Å². The Morgan fingerprint density at radius 1 is 1.20 bits per heavy atom. The molecule has 4 nitrogen and oxygen atoms in total. The van der Waals surface area contributed by atoms with Gasteiger partial charge in [0.2, 0.25) is 0 Å². The predicted molar refractivity (Wildman–Crippen MR) is 83.4 cm³/mol. The van der Waals surface area contributed by atoms with Crippen LogP contribution in [0.3, 0.4) is 0 Å². The average Bonchev–Trinajstić information content (AvgIpc) is 2.47. The fraction of sp³-hybridized carbons (Fsp3) is 0.200. The van der Waals surface area contributed by atoms with Gasteiger partial charge >= 0.3 is 0 Å². The van der Waals surface area contributed by atoms with Crippen LogP contribution in [0, 0.1) is 10.1 Å². The second kappa shape index (κ2) is 6.43. The van der Waals surface area contributed by atoms with E-state index in [4.69, 9.17) is 0 Å². The van der Waals surface area contributed by atoms with E-state index < -0.39 is 0 Å². The Kier molecular flexibility index (Phi) is 4.63. The van der Waals surface area contributed by atoms with Gasteiger partial charge in [-0.25, -0.2) is 0 Å². The van der Waals surface area contributed by atoms with Crippen LogP contribution < -0.4 is 5.32 Å². The van der Waals surface area contributed by atoms with E-state index in [1.54, 1.807) is 23.9 Å². The fourth-order valence-electron chi connectivity index (χ4n) is 1.94. The van der Waals surface area contributed by atoms with Crippen molar-refractivity contribution < 1.29 is 4.92 Å². The van der Waals surface area contributed by atoms with Crippen LogP contribution in [0.4, 0.5) is 11.4 Å². The zero-order valence-electron chi connectivity index (χ0n) is 11.4. The summed E-state index contributed by atoms with van der Waals surface area (Å²) in [6, 6.07) is 14.9. The van der Waals surface area contributed by atoms with Crippen molar-refractivity contribution in [2.75, 3.05) is 11.6 Å². The van der Waals surface area contributed by atoms with Crippen molar-refractivity contribution in [3.8, 4) is 0 Å². The molecule has 2 aromatic carbocycles. The second-order valence-corrected chi connectivity index (χ2v) is 5.33. The van der Waals surface area contributed by atoms with Gasteiger partial charge in [-0.15, -0.1) is 11.8 Å². The van der Waals surface area contributed by atoms with Crippen LogP contribution in [0.2, 0.25) is 0 Å². The van der Waals surface area contributed by atoms with Gasteiger partial charge in [0.05, 0.1) is 4.92 Å². The Morgan fingerprint density at radius 3 is 2.50 bits per heavy atom. The molecular weight excluding hydrogens is 272 g/mol. The molecular formula is C15H16N2O2S. The van der Waals surface area contributed by atoms with Crippen LogP contribution in [-0.4, -0.2) is 11.2 Å². The zero-order chi connectivity index (χ0) is 14.5. The number of anilines is 1. The first-order valence-electron chi connectivity index (χ1n) is 6.25. The number of benzene rings is 2. The minimum atomic E-state index is -0.386. The lowest BCUT2D eigenvalue weighted by atomic mass is 10.1. The summed E-state index contributed by atoms with van der Waals surface area (Å²) < 4.78 is 0. The number of nitro benzene ring substituents is 1. The highest BCUT2D eigenvalue weighted by Crippen LogP contribution is 2.24. The van der Waals surface area contributed by atoms with E-state index >= 15 is 0 Å². The number of non-ortho nitro benzene ring substituents is 1. The molecule has 0 aromatic heterocycles. The van der Waals surface area contributed by atoms with E-state index in [2.05, 4.69) is 29.6 Å². The van der Waals surface area contributed by atoms with Crippen molar-refractivity contribution in [3.63, 3.8) is 0 Å². The molecule has 0 bridgehead atoms. The molecule has 0 radical (unpaired) electrons. The Bertz CT molecular complexity index is 599. The molecule has 104 valence electrons. The Balaban J connectivity index is 2.12. The molecule has 0 saturated carbocycles. The minimum absolute atomic E-state index is 0.0907. The van der Waals surface area contributed by atoms with Crippen molar-refractivity contribution in [1.82, 2.24) is 0 Å². The van der Waals surface area contributed by atoms with Gasteiger partial charge in [-0.05, 0) is 36.9 Å². The van der Waals surface area contributed by atoms with Crippen LogP contribution >= 0.6 is 11.8 Å². The molecule has 0 fully saturated rings. The molecule has 0 aliphatic rings. The molecule has 0 aliphatic heterocycles. The number of hydrogen-bond acceptors (Lipinski definition) is 4. The molecule has 2 rings (SSSR count). The van der Waals surface area contributed by atoms with Gasteiger partial charge in [0.15, 0.2) is 0 Å². The summed E-state index contributed by atoms with van der Waals surface area (Å²) in [7, 11) is 0. The summed E-state index contributed by atoms with van der Waals surface area (Å²) in [4.78, 5) is 11.6. The standard InChI is InChI=1S/C15H16N2O2S/c1-11(12-6-8-15(20-2)9-7-12)16-13-4-3-5-14(10-13)17(18)19/h3-11,16H,1-2H3. The smallest absolute Gasteiger partial charge is 0.271 e. The highest BCUT2D eigenvalue weighted by molar-refractivity contribution is 7.98. The molecule has 5 heteroatoms. The lowest BCUT2D eigenvalue weighted by Crippen LogP contribution is -2.06. The van der Waals surface area contributed by atoms with Gasteiger partial charge in [-0.1, -0.05) is 18.2 Å². The molecule has 0 heterocycles. The molecule has 2 aromatic rings. The minimum Gasteiger partial charge on any atom is -0.378 e. The average molecular weight is 288 g/mol. The molecule has 1 N–H and O–H groups in total. The quantitative estimate of drug-likeness (QED) is 0.500. The third-order valence-electron chi connectivity index (χ3n) is 3.06. The molecule has 0 aliphatic carbocycles. The summed E-state index contributed by atoms with van der Waals surface area (Å²) in [6.45, 7) is 2.03. The Labute approximate surface area is 122 Å². The molecule has 0 spiro atoms. The summed E-state index contributed by atoms with van der Waals surface area (Å²) >= 11 is 1.70. The monoisotopic (exact) mass is 288 g/mol.